The molecule has 2 aliphatic heterocycles. The van der Waals surface area contributed by atoms with Crippen LogP contribution < -0.4 is 16.6 Å². The van der Waals surface area contributed by atoms with Crippen molar-refractivity contribution in [2.45, 2.75) is 37.3 Å². The van der Waals surface area contributed by atoms with Gasteiger partial charge in [0.2, 0.25) is 5.95 Å². The number of nitrogens with two attached hydrogens (primary N) is 1. The van der Waals surface area contributed by atoms with Crippen molar-refractivity contribution in [3.05, 3.63) is 16.0 Å². The number of aromatic nitrogens is 2. The molecule has 0 saturated carbocycles. The van der Waals surface area contributed by atoms with Crippen LogP contribution in [0.25, 0.3) is 0 Å². The highest BCUT2D eigenvalue weighted by Crippen LogP contribution is 2.37. The predicted molar refractivity (Wildman–Crippen MR) is 64.9 cm³/mol. The Morgan fingerprint density at radius 2 is 2.05 bits per heavy atom. The molecule has 19 heavy (non-hydrogen) atoms. The van der Waals surface area contributed by atoms with E-state index in [1.807, 2.05) is 0 Å². The average molecular weight is 266 g/mol. The lowest BCUT2D eigenvalue weighted by molar-refractivity contribution is 0.0267. The second-order valence-electron chi connectivity index (χ2n) is 4.81. The van der Waals surface area contributed by atoms with Crippen LogP contribution in [0, 0.1) is 0 Å². The van der Waals surface area contributed by atoms with E-state index in [0.29, 0.717) is 5.69 Å². The summed E-state index contributed by atoms with van der Waals surface area (Å²) in [5, 5.41) is 30.5. The molecule has 1 saturated heterocycles. The lowest BCUT2D eigenvalue weighted by Gasteiger charge is -2.19. The molecule has 0 bridgehead atoms. The van der Waals surface area contributed by atoms with E-state index in [9.17, 15) is 15.0 Å². The van der Waals surface area contributed by atoms with Gasteiger partial charge in [0.05, 0.1) is 18.2 Å². The molecule has 102 valence electrons. The van der Waals surface area contributed by atoms with Gasteiger partial charge in [-0.3, -0.25) is 9.78 Å². The molecular weight excluding hydrogens is 252 g/mol. The van der Waals surface area contributed by atoms with Crippen LogP contribution in [0.2, 0.25) is 0 Å². The summed E-state index contributed by atoms with van der Waals surface area (Å²) in [5.74, 6) is -0.0258. The maximum absolute atomic E-state index is 11.6. The molecule has 3 rings (SSSR count). The van der Waals surface area contributed by atoms with E-state index in [2.05, 4.69) is 25.5 Å². The molecule has 9 heteroatoms. The van der Waals surface area contributed by atoms with Crippen molar-refractivity contribution >= 4 is 11.6 Å². The monoisotopic (exact) mass is 266 g/mol. The Balaban J connectivity index is 2.00. The molecule has 6 N–H and O–H groups in total. The highest BCUT2D eigenvalue weighted by molar-refractivity contribution is 5.47. The van der Waals surface area contributed by atoms with Crippen LogP contribution in [0.4, 0.5) is 11.6 Å². The maximum atomic E-state index is 11.6. The number of H-pyrrole nitrogens is 1. The molecule has 0 radical (unpaired) electrons. The van der Waals surface area contributed by atoms with E-state index < -0.39 is 29.9 Å². The van der Waals surface area contributed by atoms with Crippen molar-refractivity contribution in [2.24, 2.45) is 10.2 Å². The van der Waals surface area contributed by atoms with Crippen molar-refractivity contribution in [3.8, 4) is 0 Å². The van der Waals surface area contributed by atoms with E-state index in [1.165, 1.54) is 0 Å². The standard InChI is InChI=1S/C10H14N6O3/c1-2-7(17)8(18)5(12-2)4-3-6(16-15-4)9(19)14-10(11)13-3/h2,4-5,7-8,12,17-18H,1H3,(H3,11,13,14,19)/t2-,4?,5+,7-,8+/m0/s1. The molecule has 5 atom stereocenters. The first-order valence-electron chi connectivity index (χ1n) is 5.91. The van der Waals surface area contributed by atoms with Crippen LogP contribution in [-0.4, -0.2) is 44.5 Å². The average Bonchev–Trinajstić information content (AvgIpc) is 2.86. The molecule has 1 fully saturated rings. The van der Waals surface area contributed by atoms with Gasteiger partial charge in [0, 0.05) is 6.04 Å². The molecule has 1 aromatic rings. The molecule has 1 unspecified atom stereocenters. The smallest absolute Gasteiger partial charge is 0.280 e. The van der Waals surface area contributed by atoms with Crippen molar-refractivity contribution < 1.29 is 10.2 Å². The number of nitrogens with one attached hydrogen (secondary N) is 2. The number of nitrogen functional groups attached to an aromatic ring is 1. The number of nitrogens with zero attached hydrogens (tertiary/aromatic N) is 3. The summed E-state index contributed by atoms with van der Waals surface area (Å²) < 4.78 is 0. The van der Waals surface area contributed by atoms with Crippen molar-refractivity contribution in [1.29, 1.82) is 0 Å². The van der Waals surface area contributed by atoms with Gasteiger partial charge >= 0.3 is 0 Å². The summed E-state index contributed by atoms with van der Waals surface area (Å²) >= 11 is 0. The molecule has 3 heterocycles. The summed E-state index contributed by atoms with van der Waals surface area (Å²) in [6, 6.07) is -1.46. The van der Waals surface area contributed by atoms with Gasteiger partial charge in [-0.2, -0.15) is 5.11 Å². The third-order valence-electron chi connectivity index (χ3n) is 3.53. The first-order chi connectivity index (χ1) is 8.99. The van der Waals surface area contributed by atoms with Crippen LogP contribution in [0.3, 0.4) is 0 Å². The minimum Gasteiger partial charge on any atom is -0.389 e. The zero-order valence-corrected chi connectivity index (χ0v) is 10.1. The summed E-state index contributed by atoms with van der Waals surface area (Å²) in [7, 11) is 0. The fraction of sp³-hybridized carbons (Fsp3) is 0.600. The Kier molecular flexibility index (Phi) is 2.62. The first-order valence-corrected chi connectivity index (χ1v) is 5.91. The molecule has 0 aliphatic carbocycles. The number of aliphatic hydroxyl groups is 2. The van der Waals surface area contributed by atoms with Gasteiger partial charge < -0.3 is 21.3 Å². The molecular formula is C10H14N6O3. The zero-order chi connectivity index (χ0) is 13.7. The topological polar surface area (TPSA) is 149 Å². The molecule has 0 aromatic carbocycles. The highest BCUT2D eigenvalue weighted by Gasteiger charge is 2.46. The van der Waals surface area contributed by atoms with E-state index in [4.69, 9.17) is 5.73 Å². The molecule has 1 aromatic heterocycles. The second kappa shape index (κ2) is 4.08. The fourth-order valence-electron chi connectivity index (χ4n) is 2.51. The quantitative estimate of drug-likeness (QED) is 0.421. The van der Waals surface area contributed by atoms with Gasteiger partial charge in [0.1, 0.15) is 11.7 Å². The van der Waals surface area contributed by atoms with Crippen LogP contribution in [0.5, 0.6) is 0 Å². The Bertz CT molecular complexity index is 599. The first kappa shape index (κ1) is 12.2. The van der Waals surface area contributed by atoms with Crippen LogP contribution in [-0.2, 0) is 0 Å². The minimum atomic E-state index is -1.01. The Morgan fingerprint density at radius 3 is 2.68 bits per heavy atom. The van der Waals surface area contributed by atoms with Crippen molar-refractivity contribution in [3.63, 3.8) is 0 Å². The summed E-state index contributed by atoms with van der Waals surface area (Å²) in [6.07, 6.45) is -1.91. The maximum Gasteiger partial charge on any atom is 0.280 e. The number of aromatic amines is 1. The number of aliphatic hydroxyl groups excluding tert-OH is 2. The van der Waals surface area contributed by atoms with E-state index in [1.54, 1.807) is 6.92 Å². The van der Waals surface area contributed by atoms with Crippen molar-refractivity contribution in [2.75, 3.05) is 5.73 Å². The fourth-order valence-corrected chi connectivity index (χ4v) is 2.51. The van der Waals surface area contributed by atoms with Crippen LogP contribution >= 0.6 is 0 Å². The normalized spacial score (nSPS) is 36.7. The number of rotatable bonds is 1. The number of fused-ring (bicyclic) bond motifs is 1. The minimum absolute atomic E-state index is 0.0258. The van der Waals surface area contributed by atoms with Gasteiger partial charge in [0.25, 0.3) is 5.56 Å². The van der Waals surface area contributed by atoms with Gasteiger partial charge in [-0.1, -0.05) is 0 Å². The number of hydrogen-bond acceptors (Lipinski definition) is 8. The molecule has 0 amide bonds. The number of anilines is 1. The third kappa shape index (κ3) is 1.74. The lowest BCUT2D eigenvalue weighted by Crippen LogP contribution is -2.38. The van der Waals surface area contributed by atoms with E-state index in [-0.39, 0.29) is 17.7 Å². The van der Waals surface area contributed by atoms with Gasteiger partial charge in [-0.05, 0) is 6.92 Å². The lowest BCUT2D eigenvalue weighted by atomic mass is 10.00. The Morgan fingerprint density at radius 1 is 1.32 bits per heavy atom. The Labute approximate surface area is 107 Å². The SMILES string of the molecule is C[C@@H]1N[C@H](C2N=Nc3c2nc(N)[nH]c3=O)[C@@H](O)[C@H]1O. The van der Waals surface area contributed by atoms with Crippen molar-refractivity contribution in [1.82, 2.24) is 15.3 Å². The van der Waals surface area contributed by atoms with E-state index >= 15 is 0 Å². The zero-order valence-electron chi connectivity index (χ0n) is 10.1. The summed E-state index contributed by atoms with van der Waals surface area (Å²) in [6.45, 7) is 1.75. The number of hydrogen-bond donors (Lipinski definition) is 5. The van der Waals surface area contributed by atoms with E-state index in [0.717, 1.165) is 0 Å². The third-order valence-corrected chi connectivity index (χ3v) is 3.53. The molecule has 2 aliphatic rings. The Hall–Kier alpha value is -1.84. The predicted octanol–water partition coefficient (Wildman–Crippen LogP) is -1.43. The van der Waals surface area contributed by atoms with Crippen LogP contribution in [0.15, 0.2) is 15.0 Å². The highest BCUT2D eigenvalue weighted by atomic mass is 16.3. The number of azo groups is 1. The van der Waals surface area contributed by atoms with Crippen LogP contribution in [0.1, 0.15) is 18.7 Å². The summed E-state index contributed by atoms with van der Waals surface area (Å²) in [4.78, 5) is 18.0. The van der Waals surface area contributed by atoms with Gasteiger partial charge in [-0.15, -0.1) is 5.11 Å². The largest absolute Gasteiger partial charge is 0.389 e. The molecule has 0 spiro atoms. The summed E-state index contributed by atoms with van der Waals surface area (Å²) in [5.41, 5.74) is 5.45. The second-order valence-corrected chi connectivity index (χ2v) is 4.81. The molecule has 9 nitrogen and oxygen atoms in total. The van der Waals surface area contributed by atoms with Gasteiger partial charge in [0.15, 0.2) is 5.69 Å². The van der Waals surface area contributed by atoms with Gasteiger partial charge in [-0.25, -0.2) is 4.98 Å².